The lowest BCUT2D eigenvalue weighted by atomic mass is 9.80. The zero-order chi connectivity index (χ0) is 28.3. The molecule has 0 saturated carbocycles. The van der Waals surface area contributed by atoms with Crippen molar-refractivity contribution < 1.29 is 18.9 Å². The monoisotopic (exact) mass is 543 g/mol. The number of rotatable bonds is 9. The lowest BCUT2D eigenvalue weighted by Crippen LogP contribution is -2.40. The summed E-state index contributed by atoms with van der Waals surface area (Å²) in [5.74, 6) is 1.46. The molecule has 0 radical (unpaired) electrons. The molecule has 1 saturated heterocycles. The molecule has 1 fully saturated rings. The van der Waals surface area contributed by atoms with E-state index in [4.69, 9.17) is 24.7 Å². The molecule has 9 nitrogen and oxygen atoms in total. The van der Waals surface area contributed by atoms with Gasteiger partial charge < -0.3 is 24.7 Å². The number of hydrogen-bond acceptors (Lipinski definition) is 7. The SMILES string of the molecule is COc1ccc(C(OC[C@H]2O[C@@H](n3cc(C)c(=O)[nH]c3=O)CC2N)(c2ccccc2)c2ccc(OC)cc2)cc1. The highest BCUT2D eigenvalue weighted by molar-refractivity contribution is 5.49. The minimum atomic E-state index is -1.02. The Bertz CT molecular complexity index is 1500. The molecule has 4 aromatic rings. The fourth-order valence-corrected chi connectivity index (χ4v) is 5.17. The first-order valence-electron chi connectivity index (χ1n) is 13.1. The summed E-state index contributed by atoms with van der Waals surface area (Å²) >= 11 is 0. The van der Waals surface area contributed by atoms with Crippen LogP contribution in [0.1, 0.15) is 34.9 Å². The quantitative estimate of drug-likeness (QED) is 0.310. The predicted octanol–water partition coefficient (Wildman–Crippen LogP) is 3.49. The molecule has 3 atom stereocenters. The molecule has 5 rings (SSSR count). The van der Waals surface area contributed by atoms with Gasteiger partial charge in [-0.2, -0.15) is 0 Å². The highest BCUT2D eigenvalue weighted by atomic mass is 16.6. The number of methoxy groups -OCH3 is 2. The molecule has 3 N–H and O–H groups in total. The summed E-state index contributed by atoms with van der Waals surface area (Å²) in [5.41, 5.74) is 7.65. The zero-order valence-electron chi connectivity index (χ0n) is 22.7. The second-order valence-electron chi connectivity index (χ2n) is 9.82. The van der Waals surface area contributed by atoms with E-state index in [0.29, 0.717) is 12.0 Å². The van der Waals surface area contributed by atoms with Crippen LogP contribution in [0.15, 0.2) is 94.6 Å². The molecule has 1 aliphatic heterocycles. The fourth-order valence-electron chi connectivity index (χ4n) is 5.17. The molecule has 40 heavy (non-hydrogen) atoms. The number of ether oxygens (including phenoxy) is 4. The van der Waals surface area contributed by atoms with Gasteiger partial charge in [-0.15, -0.1) is 0 Å². The van der Waals surface area contributed by atoms with Gasteiger partial charge in [0.15, 0.2) is 0 Å². The summed E-state index contributed by atoms with van der Waals surface area (Å²) in [6.45, 7) is 1.78. The Balaban J connectivity index is 1.54. The molecule has 1 unspecified atom stereocenters. The second-order valence-corrected chi connectivity index (χ2v) is 9.82. The average Bonchev–Trinajstić information content (AvgIpc) is 3.36. The van der Waals surface area contributed by atoms with E-state index in [1.807, 2.05) is 78.9 Å². The highest BCUT2D eigenvalue weighted by Gasteiger charge is 2.41. The molecule has 9 heteroatoms. The van der Waals surface area contributed by atoms with E-state index in [2.05, 4.69) is 4.98 Å². The van der Waals surface area contributed by atoms with Gasteiger partial charge in [-0.1, -0.05) is 54.6 Å². The second kappa shape index (κ2) is 11.5. The van der Waals surface area contributed by atoms with Crippen LogP contribution in [0, 0.1) is 6.92 Å². The molecule has 1 aliphatic rings. The molecule has 3 aromatic carbocycles. The van der Waals surface area contributed by atoms with Crippen LogP contribution >= 0.6 is 0 Å². The van der Waals surface area contributed by atoms with Gasteiger partial charge in [0.25, 0.3) is 5.56 Å². The van der Waals surface area contributed by atoms with Crippen molar-refractivity contribution in [3.05, 3.63) is 128 Å². The van der Waals surface area contributed by atoms with Crippen molar-refractivity contribution >= 4 is 0 Å². The zero-order valence-corrected chi connectivity index (χ0v) is 22.7. The van der Waals surface area contributed by atoms with E-state index < -0.39 is 35.2 Å². The van der Waals surface area contributed by atoms with Crippen LogP contribution in [0.25, 0.3) is 0 Å². The van der Waals surface area contributed by atoms with Crippen LogP contribution in [0.3, 0.4) is 0 Å². The van der Waals surface area contributed by atoms with Crippen LogP contribution in [-0.2, 0) is 15.1 Å². The number of aromatic nitrogens is 2. The van der Waals surface area contributed by atoms with Crippen molar-refractivity contribution in [2.45, 2.75) is 37.3 Å². The molecular weight excluding hydrogens is 510 g/mol. The van der Waals surface area contributed by atoms with Crippen molar-refractivity contribution in [1.29, 1.82) is 0 Å². The Morgan fingerprint density at radius 1 is 0.900 bits per heavy atom. The lowest BCUT2D eigenvalue weighted by molar-refractivity contribution is -0.0797. The van der Waals surface area contributed by atoms with E-state index >= 15 is 0 Å². The molecule has 0 bridgehead atoms. The number of H-pyrrole nitrogens is 1. The van der Waals surface area contributed by atoms with Gasteiger partial charge in [-0.05, 0) is 47.9 Å². The van der Waals surface area contributed by atoms with Crippen molar-refractivity contribution in [2.24, 2.45) is 5.73 Å². The first kappa shape index (κ1) is 27.4. The Hall–Kier alpha value is -4.18. The molecule has 1 aromatic heterocycles. The van der Waals surface area contributed by atoms with E-state index in [0.717, 1.165) is 28.2 Å². The Morgan fingerprint density at radius 2 is 1.45 bits per heavy atom. The number of nitrogens with one attached hydrogen (secondary N) is 1. The molecule has 2 heterocycles. The maximum absolute atomic E-state index is 12.5. The minimum absolute atomic E-state index is 0.141. The number of benzene rings is 3. The smallest absolute Gasteiger partial charge is 0.330 e. The van der Waals surface area contributed by atoms with Crippen LogP contribution in [0.5, 0.6) is 11.5 Å². The van der Waals surface area contributed by atoms with Crippen molar-refractivity contribution in [1.82, 2.24) is 9.55 Å². The minimum Gasteiger partial charge on any atom is -0.497 e. The van der Waals surface area contributed by atoms with Crippen molar-refractivity contribution in [3.8, 4) is 11.5 Å². The fraction of sp³-hybridized carbons (Fsp3) is 0.290. The third-order valence-electron chi connectivity index (χ3n) is 7.38. The summed E-state index contributed by atoms with van der Waals surface area (Å²) < 4.78 is 25.4. The third-order valence-corrected chi connectivity index (χ3v) is 7.38. The van der Waals surface area contributed by atoms with Gasteiger partial charge in [0.2, 0.25) is 0 Å². The largest absolute Gasteiger partial charge is 0.497 e. The first-order chi connectivity index (χ1) is 19.3. The number of nitrogens with zero attached hydrogens (tertiary/aromatic N) is 1. The van der Waals surface area contributed by atoms with E-state index in [1.54, 1.807) is 21.1 Å². The Labute approximate surface area is 232 Å². The Kier molecular flexibility index (Phi) is 7.88. The molecule has 0 aliphatic carbocycles. The number of aromatic amines is 1. The summed E-state index contributed by atoms with van der Waals surface area (Å²) in [6, 6.07) is 25.1. The average molecular weight is 544 g/mol. The van der Waals surface area contributed by atoms with Gasteiger partial charge in [-0.25, -0.2) is 4.79 Å². The molecule has 208 valence electrons. The van der Waals surface area contributed by atoms with Gasteiger partial charge in [0.1, 0.15) is 23.3 Å². The maximum atomic E-state index is 12.5. The summed E-state index contributed by atoms with van der Waals surface area (Å²) in [7, 11) is 3.26. The molecule has 0 amide bonds. The predicted molar refractivity (Wildman–Crippen MR) is 151 cm³/mol. The summed E-state index contributed by atoms with van der Waals surface area (Å²) in [6.07, 6.45) is 0.761. The van der Waals surface area contributed by atoms with Crippen LogP contribution in [-0.4, -0.2) is 42.5 Å². The standard InChI is InChI=1S/C31H33N3O6/c1-20-18-34(30(36)33-29(20)35)28-17-26(32)27(40-28)19-39-31(21-7-5-4-6-8-21,22-9-13-24(37-2)14-10-22)23-11-15-25(38-3)16-12-23/h4-16,18,26-28H,17,19,32H2,1-3H3,(H,33,35,36)/t26?,27-,28-/m1/s1. The van der Waals surface area contributed by atoms with E-state index in [-0.39, 0.29) is 6.61 Å². The number of nitrogens with two attached hydrogens (primary N) is 1. The van der Waals surface area contributed by atoms with Crippen LogP contribution in [0.4, 0.5) is 0 Å². The number of hydrogen-bond donors (Lipinski definition) is 2. The van der Waals surface area contributed by atoms with Gasteiger partial charge in [-0.3, -0.25) is 14.3 Å². The molecular formula is C31H33N3O6. The number of aryl methyl sites for hydroxylation is 1. The molecule has 0 spiro atoms. The van der Waals surface area contributed by atoms with Gasteiger partial charge >= 0.3 is 5.69 Å². The van der Waals surface area contributed by atoms with Crippen molar-refractivity contribution in [2.75, 3.05) is 20.8 Å². The third kappa shape index (κ3) is 5.19. The van der Waals surface area contributed by atoms with Crippen LogP contribution < -0.4 is 26.5 Å². The highest BCUT2D eigenvalue weighted by Crippen LogP contribution is 2.42. The van der Waals surface area contributed by atoms with Gasteiger partial charge in [0, 0.05) is 24.2 Å². The van der Waals surface area contributed by atoms with E-state index in [1.165, 1.54) is 10.8 Å². The normalized spacial score (nSPS) is 18.9. The summed E-state index contributed by atoms with van der Waals surface area (Å²) in [5, 5.41) is 0. The lowest BCUT2D eigenvalue weighted by Gasteiger charge is -2.37. The maximum Gasteiger partial charge on any atom is 0.330 e. The van der Waals surface area contributed by atoms with Crippen LogP contribution in [0.2, 0.25) is 0 Å². The topological polar surface area (TPSA) is 118 Å². The van der Waals surface area contributed by atoms with Crippen molar-refractivity contribution in [3.63, 3.8) is 0 Å². The summed E-state index contributed by atoms with van der Waals surface area (Å²) in [4.78, 5) is 26.7. The van der Waals surface area contributed by atoms with E-state index in [9.17, 15) is 9.59 Å². The Morgan fingerprint density at radius 3 is 2.00 bits per heavy atom. The first-order valence-corrected chi connectivity index (χ1v) is 13.1. The van der Waals surface area contributed by atoms with Gasteiger partial charge in [0.05, 0.1) is 26.9 Å².